The van der Waals surface area contributed by atoms with Gasteiger partial charge >= 0.3 is 0 Å². The van der Waals surface area contributed by atoms with Crippen molar-refractivity contribution in [1.29, 1.82) is 0 Å². The molecule has 2 aliphatic rings. The predicted molar refractivity (Wildman–Crippen MR) is 109 cm³/mol. The summed E-state index contributed by atoms with van der Waals surface area (Å²) in [6.07, 6.45) is 2.84. The summed E-state index contributed by atoms with van der Waals surface area (Å²) < 4.78 is 36.3. The molecule has 2 fully saturated rings. The Balaban J connectivity index is 2.32. The number of ether oxygens (including phenoxy) is 6. The van der Waals surface area contributed by atoms with Gasteiger partial charge in [0.25, 0.3) is 0 Å². The van der Waals surface area contributed by atoms with Gasteiger partial charge in [-0.25, -0.2) is 0 Å². The van der Waals surface area contributed by atoms with E-state index >= 15 is 0 Å². The molecule has 0 aromatic heterocycles. The van der Waals surface area contributed by atoms with Crippen molar-refractivity contribution in [2.75, 3.05) is 39.9 Å². The van der Waals surface area contributed by atoms with Gasteiger partial charge in [-0.3, -0.25) is 0 Å². The number of alkyl halides is 1. The van der Waals surface area contributed by atoms with Crippen molar-refractivity contribution in [3.8, 4) is 0 Å². The molecule has 28 heavy (non-hydrogen) atoms. The molecule has 0 aromatic carbocycles. The van der Waals surface area contributed by atoms with E-state index in [2.05, 4.69) is 27.7 Å². The summed E-state index contributed by atoms with van der Waals surface area (Å²) in [7, 11) is 3.41. The molecule has 0 aromatic rings. The topological polar surface area (TPSA) is 55.4 Å². The van der Waals surface area contributed by atoms with E-state index in [1.807, 2.05) is 0 Å². The molecule has 2 bridgehead atoms. The predicted octanol–water partition coefficient (Wildman–Crippen LogP) is 3.57. The van der Waals surface area contributed by atoms with Crippen LogP contribution in [0.5, 0.6) is 0 Å². The van der Waals surface area contributed by atoms with Gasteiger partial charge in [0.2, 0.25) is 0 Å². The summed E-state index contributed by atoms with van der Waals surface area (Å²) in [4.78, 5) is 0. The van der Waals surface area contributed by atoms with E-state index in [9.17, 15) is 0 Å². The third-order valence-electron chi connectivity index (χ3n) is 5.53. The molecule has 6 nitrogen and oxygen atoms in total. The van der Waals surface area contributed by atoms with Gasteiger partial charge in [0, 0.05) is 33.5 Å². The SMILES string of the molecule is COCC1CC2(C)CC(C)(CC(COC)OC(C)CC(C)O1)OC(CCl)CO2. The number of halogens is 1. The Labute approximate surface area is 175 Å². The zero-order chi connectivity index (χ0) is 20.8. The maximum Gasteiger partial charge on any atom is 0.0951 e. The molecule has 0 spiro atoms. The lowest BCUT2D eigenvalue weighted by atomic mass is 9.82. The third kappa shape index (κ3) is 7.38. The normalized spacial score (nSPS) is 43.6. The quantitative estimate of drug-likeness (QED) is 0.631. The van der Waals surface area contributed by atoms with Crippen LogP contribution in [0.15, 0.2) is 0 Å². The Hall–Kier alpha value is 0.0500. The molecule has 2 rings (SSSR count). The summed E-state index contributed by atoms with van der Waals surface area (Å²) in [6, 6.07) is 0. The molecule has 0 saturated carbocycles. The first kappa shape index (κ1) is 24.3. The molecular formula is C21H39ClO6. The van der Waals surface area contributed by atoms with E-state index in [1.165, 1.54) is 0 Å². The average Bonchev–Trinajstić information content (AvgIpc) is 2.69. The molecule has 2 aliphatic heterocycles. The van der Waals surface area contributed by atoms with Crippen molar-refractivity contribution in [1.82, 2.24) is 0 Å². The van der Waals surface area contributed by atoms with Gasteiger partial charge < -0.3 is 28.4 Å². The summed E-state index contributed by atoms with van der Waals surface area (Å²) in [6.45, 7) is 9.98. The van der Waals surface area contributed by atoms with Crippen LogP contribution >= 0.6 is 11.6 Å². The van der Waals surface area contributed by atoms with Crippen molar-refractivity contribution >= 4 is 11.6 Å². The van der Waals surface area contributed by atoms with Gasteiger partial charge in [-0.1, -0.05) is 0 Å². The standard InChI is InChI=1S/C21H39ClO6/c1-15-7-16(2)27-18(12-24-6)9-21(4)14-20(3,8-17(26-15)11-23-5)25-13-19(10-22)28-21/h15-19H,7-14H2,1-6H3. The fourth-order valence-corrected chi connectivity index (χ4v) is 4.96. The van der Waals surface area contributed by atoms with Crippen LogP contribution < -0.4 is 0 Å². The van der Waals surface area contributed by atoms with Gasteiger partial charge in [0.15, 0.2) is 0 Å². The smallest absolute Gasteiger partial charge is 0.0951 e. The van der Waals surface area contributed by atoms with E-state index in [0.717, 1.165) is 25.7 Å². The number of hydrogen-bond donors (Lipinski definition) is 0. The number of hydrogen-bond acceptors (Lipinski definition) is 6. The summed E-state index contributed by atoms with van der Waals surface area (Å²) in [5.41, 5.74) is -0.836. The first-order chi connectivity index (χ1) is 13.2. The van der Waals surface area contributed by atoms with Crippen LogP contribution in [0.2, 0.25) is 0 Å². The third-order valence-corrected chi connectivity index (χ3v) is 5.87. The van der Waals surface area contributed by atoms with Gasteiger partial charge in [0.05, 0.1) is 67.4 Å². The van der Waals surface area contributed by atoms with Crippen LogP contribution in [0.4, 0.5) is 0 Å². The van der Waals surface area contributed by atoms with Crippen molar-refractivity contribution in [2.45, 2.75) is 95.1 Å². The van der Waals surface area contributed by atoms with Crippen molar-refractivity contribution < 1.29 is 28.4 Å². The number of methoxy groups -OCH3 is 2. The van der Waals surface area contributed by atoms with E-state index in [0.29, 0.717) is 25.7 Å². The minimum absolute atomic E-state index is 0.0526. The molecule has 2 saturated heterocycles. The number of rotatable bonds is 5. The van der Waals surface area contributed by atoms with Crippen LogP contribution in [0.3, 0.4) is 0 Å². The highest BCUT2D eigenvalue weighted by molar-refractivity contribution is 6.18. The average molecular weight is 423 g/mol. The Morgan fingerprint density at radius 3 is 1.93 bits per heavy atom. The first-order valence-electron chi connectivity index (χ1n) is 10.4. The van der Waals surface area contributed by atoms with Crippen LogP contribution in [0.25, 0.3) is 0 Å². The van der Waals surface area contributed by atoms with Gasteiger partial charge in [-0.15, -0.1) is 11.6 Å². The Morgan fingerprint density at radius 1 is 0.893 bits per heavy atom. The summed E-state index contributed by atoms with van der Waals surface area (Å²) in [5.74, 6) is 0.396. The highest BCUT2D eigenvalue weighted by Crippen LogP contribution is 2.39. The van der Waals surface area contributed by atoms with E-state index < -0.39 is 11.2 Å². The van der Waals surface area contributed by atoms with Gasteiger partial charge in [-0.2, -0.15) is 0 Å². The van der Waals surface area contributed by atoms with Crippen LogP contribution in [-0.2, 0) is 28.4 Å². The lowest BCUT2D eigenvalue weighted by Gasteiger charge is -2.41. The Morgan fingerprint density at radius 2 is 1.43 bits per heavy atom. The molecule has 7 heteroatoms. The number of fused-ring (bicyclic) bond motifs is 2. The largest absolute Gasteiger partial charge is 0.382 e. The van der Waals surface area contributed by atoms with E-state index in [1.54, 1.807) is 14.2 Å². The second-order valence-electron chi connectivity index (χ2n) is 8.97. The van der Waals surface area contributed by atoms with Gasteiger partial charge in [0.1, 0.15) is 0 Å². The monoisotopic (exact) mass is 422 g/mol. The van der Waals surface area contributed by atoms with E-state index in [-0.39, 0.29) is 30.5 Å². The molecule has 0 N–H and O–H groups in total. The van der Waals surface area contributed by atoms with Crippen molar-refractivity contribution in [3.05, 3.63) is 0 Å². The highest BCUT2D eigenvalue weighted by atomic mass is 35.5. The van der Waals surface area contributed by atoms with Crippen molar-refractivity contribution in [2.24, 2.45) is 0 Å². The molecule has 166 valence electrons. The minimum atomic E-state index is -0.434. The van der Waals surface area contributed by atoms with Crippen LogP contribution in [0, 0.1) is 0 Å². The summed E-state index contributed by atoms with van der Waals surface area (Å²) >= 11 is 6.16. The molecule has 0 amide bonds. The summed E-state index contributed by atoms with van der Waals surface area (Å²) in [5, 5.41) is 0. The zero-order valence-corrected chi connectivity index (χ0v) is 19.1. The maximum absolute atomic E-state index is 6.45. The molecular weight excluding hydrogens is 384 g/mol. The molecule has 7 atom stereocenters. The second kappa shape index (κ2) is 10.9. The molecule has 0 aliphatic carbocycles. The lowest BCUT2D eigenvalue weighted by Crippen LogP contribution is -2.46. The molecule has 7 unspecified atom stereocenters. The fourth-order valence-electron chi connectivity index (χ4n) is 4.80. The molecule has 2 heterocycles. The lowest BCUT2D eigenvalue weighted by molar-refractivity contribution is -0.148. The fraction of sp³-hybridized carbons (Fsp3) is 1.00. The van der Waals surface area contributed by atoms with Gasteiger partial charge in [-0.05, 0) is 34.1 Å². The Bertz CT molecular complexity index is 466. The second-order valence-corrected chi connectivity index (χ2v) is 9.28. The van der Waals surface area contributed by atoms with Crippen LogP contribution in [0.1, 0.15) is 53.4 Å². The maximum atomic E-state index is 6.45. The van der Waals surface area contributed by atoms with Crippen molar-refractivity contribution in [3.63, 3.8) is 0 Å². The first-order valence-corrected chi connectivity index (χ1v) is 10.9. The molecule has 0 radical (unpaired) electrons. The zero-order valence-electron chi connectivity index (χ0n) is 18.4. The highest BCUT2D eigenvalue weighted by Gasteiger charge is 2.45. The van der Waals surface area contributed by atoms with E-state index in [4.69, 9.17) is 40.0 Å². The van der Waals surface area contributed by atoms with Crippen LogP contribution in [-0.4, -0.2) is 81.6 Å². The Kier molecular flexibility index (Phi) is 9.46. The minimum Gasteiger partial charge on any atom is -0.382 e.